The molecule has 0 aliphatic rings. The van der Waals surface area contributed by atoms with E-state index in [1.165, 1.54) is 0 Å². The Balaban J connectivity index is -0.0000000267. The van der Waals surface area contributed by atoms with Crippen LogP contribution >= 0.6 is 7.82 Å². The van der Waals surface area contributed by atoms with Crippen LogP contribution in [-0.4, -0.2) is 28.5 Å². The summed E-state index contributed by atoms with van der Waals surface area (Å²) in [6.07, 6.45) is 0. The van der Waals surface area contributed by atoms with Crippen LogP contribution in [0.1, 0.15) is 0 Å². The van der Waals surface area contributed by atoms with Crippen LogP contribution in [0, 0.1) is 0 Å². The number of rotatable bonds is 0. The van der Waals surface area contributed by atoms with Gasteiger partial charge in [0.1, 0.15) is 0 Å². The van der Waals surface area contributed by atoms with E-state index in [0.29, 0.717) is 0 Å². The summed E-state index contributed by atoms with van der Waals surface area (Å²) in [7, 11) is -5.39. The molecule has 0 unspecified atom stereocenters. The molecule has 0 bridgehead atoms. The first-order valence-electron chi connectivity index (χ1n) is 0.730. The fourth-order valence-electron chi connectivity index (χ4n) is 0. The fraction of sp³-hybridized carbons (Fsp3) is 0. The molecule has 0 saturated carbocycles. The molecule has 2 N–H and O–H groups in total. The Hall–Kier alpha value is 1.84. The van der Waals surface area contributed by atoms with Crippen LogP contribution in [0.2, 0.25) is 0 Å². The summed E-state index contributed by atoms with van der Waals surface area (Å²) in [4.78, 5) is 25.6. The first kappa shape index (κ1) is 22.5. The maximum Gasteiger partial charge on any atom is 2.00 e. The summed E-state index contributed by atoms with van der Waals surface area (Å²) in [5.74, 6) is 0. The van der Waals surface area contributed by atoms with Gasteiger partial charge in [0.25, 0.3) is 0 Å². The van der Waals surface area contributed by atoms with E-state index in [9.17, 15) is 0 Å². The average Bonchev–Trinajstić information content (AvgIpc) is 0.722. The molecule has 0 aromatic heterocycles. The molecule has 0 spiro atoms. The van der Waals surface area contributed by atoms with Crippen molar-refractivity contribution in [3.05, 3.63) is 0 Å². The molecule has 0 amide bonds. The van der Waals surface area contributed by atoms with Gasteiger partial charge in [-0.3, -0.25) is 0 Å². The summed E-state index contributed by atoms with van der Waals surface area (Å²) in [6.45, 7) is 0. The van der Waals surface area contributed by atoms with Gasteiger partial charge >= 0.3 is 52.6 Å². The molecule has 0 heterocycles. The number of hydrogen-bond donors (Lipinski definition) is 0. The maximum absolute atomic E-state index is 8.55. The zero-order valence-corrected chi connectivity index (χ0v) is 8.60. The second-order valence-electron chi connectivity index (χ2n) is 0.447. The zero-order valence-electron chi connectivity index (χ0n) is 4.29. The largest absolute Gasteiger partial charge is 2.00 e. The van der Waals surface area contributed by atoms with Gasteiger partial charge in [0.2, 0.25) is 0 Å². The van der Waals surface area contributed by atoms with Gasteiger partial charge < -0.3 is 24.7 Å². The molecule has 8 heavy (non-hydrogen) atoms. The smallest absolute Gasteiger partial charge is 0.822 e. The molecule has 0 atom stereocenters. The van der Waals surface area contributed by atoms with Crippen LogP contribution in [0.4, 0.5) is 0 Å². The molecule has 5 nitrogen and oxygen atoms in total. The Labute approximate surface area is 84.5 Å². The molecule has 0 saturated heterocycles. The van der Waals surface area contributed by atoms with Crippen LogP contribution in [0.25, 0.3) is 0 Å². The van der Waals surface area contributed by atoms with Crippen molar-refractivity contribution in [2.24, 2.45) is 0 Å². The van der Waals surface area contributed by atoms with E-state index in [0.717, 1.165) is 0 Å². The van der Waals surface area contributed by atoms with Crippen molar-refractivity contribution in [1.29, 1.82) is 0 Å². The van der Waals surface area contributed by atoms with E-state index < -0.39 is 7.82 Å². The average molecular weight is 160 g/mol. The first-order valence-corrected chi connectivity index (χ1v) is 2.19. The van der Waals surface area contributed by atoms with E-state index in [-0.39, 0.29) is 58.1 Å². The van der Waals surface area contributed by atoms with Gasteiger partial charge in [0.15, 0.2) is 0 Å². The molecule has 8 heteroatoms. The van der Waals surface area contributed by atoms with E-state index >= 15 is 0 Å². The molecule has 0 rings (SSSR count). The van der Waals surface area contributed by atoms with Crippen molar-refractivity contribution < 1.29 is 54.3 Å². The van der Waals surface area contributed by atoms with E-state index in [1.807, 2.05) is 0 Å². The van der Waals surface area contributed by atoms with Crippen molar-refractivity contribution in [1.82, 2.24) is 0 Å². The summed E-state index contributed by atoms with van der Waals surface area (Å²) < 4.78 is 8.55. The van der Waals surface area contributed by atoms with E-state index in [2.05, 4.69) is 0 Å². The van der Waals surface area contributed by atoms with Crippen molar-refractivity contribution in [2.45, 2.75) is 0 Å². The summed E-state index contributed by atoms with van der Waals surface area (Å²) in [5.41, 5.74) is 0. The van der Waals surface area contributed by atoms with Gasteiger partial charge in [-0.05, 0) is 0 Å². The molecule has 0 aromatic rings. The summed E-state index contributed by atoms with van der Waals surface area (Å²) >= 11 is 0. The molecular formula is H2MgNaO5P. The van der Waals surface area contributed by atoms with Crippen molar-refractivity contribution in [3.63, 3.8) is 0 Å². The monoisotopic (exact) mass is 160 g/mol. The van der Waals surface area contributed by atoms with Crippen LogP contribution in [0.5, 0.6) is 0 Å². The quantitative estimate of drug-likeness (QED) is 0.258. The minimum atomic E-state index is -5.39. The predicted octanol–water partition coefficient (Wildman–Crippen LogP) is -7.03. The standard InChI is InChI=1S/Mg.Na.H3O4P.H2O/c;;1-5(2,3)4;/h;;(H3,1,2,3,4);1H2/q+2;+1;;/p-3. The topological polar surface area (TPSA) is 118 Å². The summed E-state index contributed by atoms with van der Waals surface area (Å²) in [5, 5.41) is 0. The summed E-state index contributed by atoms with van der Waals surface area (Å²) in [6, 6.07) is 0. The minimum absolute atomic E-state index is 0. The van der Waals surface area contributed by atoms with Crippen molar-refractivity contribution >= 4 is 30.9 Å². The number of phosphoric acid groups is 1. The van der Waals surface area contributed by atoms with Gasteiger partial charge in [0.05, 0.1) is 0 Å². The maximum atomic E-state index is 8.55. The molecule has 0 aliphatic heterocycles. The Morgan fingerprint density at radius 3 is 1.12 bits per heavy atom. The SMILES string of the molecule is O.O=P([O-])([O-])[O-].[Mg+2].[Na+]. The van der Waals surface area contributed by atoms with Gasteiger partial charge in [-0.15, -0.1) is 0 Å². The molecule has 0 aliphatic carbocycles. The molecule has 0 aromatic carbocycles. The molecule has 0 radical (unpaired) electrons. The normalized spacial score (nSPS) is 7.38. The third kappa shape index (κ3) is 109. The molecule has 0 fully saturated rings. The van der Waals surface area contributed by atoms with Crippen LogP contribution in [0.15, 0.2) is 0 Å². The van der Waals surface area contributed by atoms with Crippen LogP contribution in [-0.2, 0) is 4.57 Å². The zero-order chi connectivity index (χ0) is 4.50. The van der Waals surface area contributed by atoms with Crippen molar-refractivity contribution in [3.8, 4) is 0 Å². The predicted molar refractivity (Wildman–Crippen MR) is 17.0 cm³/mol. The molecule has 40 valence electrons. The minimum Gasteiger partial charge on any atom is -0.822 e. The van der Waals surface area contributed by atoms with Crippen LogP contribution < -0.4 is 44.2 Å². The van der Waals surface area contributed by atoms with Gasteiger partial charge in [0, 0.05) is 0 Å². The fourth-order valence-corrected chi connectivity index (χ4v) is 0. The Bertz CT molecular complexity index is 58.6. The second kappa shape index (κ2) is 8.84. The Morgan fingerprint density at radius 1 is 1.12 bits per heavy atom. The van der Waals surface area contributed by atoms with Gasteiger partial charge in [-0.25, -0.2) is 0 Å². The van der Waals surface area contributed by atoms with Crippen LogP contribution in [0.3, 0.4) is 0 Å². The third-order valence-corrected chi connectivity index (χ3v) is 0. The number of hydrogen-bond acceptors (Lipinski definition) is 4. The third-order valence-electron chi connectivity index (χ3n) is 0. The van der Waals surface area contributed by atoms with E-state index in [1.54, 1.807) is 0 Å². The van der Waals surface area contributed by atoms with E-state index in [4.69, 9.17) is 19.2 Å². The second-order valence-corrected chi connectivity index (χ2v) is 1.34. The Morgan fingerprint density at radius 2 is 1.12 bits per heavy atom. The molecular weight excluding hydrogens is 158 g/mol. The van der Waals surface area contributed by atoms with Gasteiger partial charge in [-0.1, -0.05) is 0 Å². The van der Waals surface area contributed by atoms with Gasteiger partial charge in [-0.2, -0.15) is 7.82 Å². The first-order chi connectivity index (χ1) is 2.00. The van der Waals surface area contributed by atoms with Crippen molar-refractivity contribution in [2.75, 3.05) is 0 Å². The Kier molecular flexibility index (Phi) is 24.9.